The summed E-state index contributed by atoms with van der Waals surface area (Å²) in [5, 5.41) is 15.9. The number of nitrogens with one attached hydrogen (secondary N) is 4. The molecule has 0 spiro atoms. The summed E-state index contributed by atoms with van der Waals surface area (Å²) < 4.78 is 38.0. The van der Waals surface area contributed by atoms with Crippen LogP contribution in [0.25, 0.3) is 10.8 Å². The van der Waals surface area contributed by atoms with E-state index in [4.69, 9.17) is 11.1 Å². The minimum Gasteiger partial charge on any atom is -0.387 e. The Kier molecular flexibility index (Phi) is 6.89. The molecule has 0 saturated heterocycles. The van der Waals surface area contributed by atoms with Gasteiger partial charge in [0, 0.05) is 30.7 Å². The van der Waals surface area contributed by atoms with Gasteiger partial charge in [0.2, 0.25) is 5.91 Å². The summed E-state index contributed by atoms with van der Waals surface area (Å²) in [7, 11) is 1.58. The Morgan fingerprint density at radius 3 is 2.56 bits per heavy atom. The van der Waals surface area contributed by atoms with Gasteiger partial charge < -0.3 is 31.7 Å². The van der Waals surface area contributed by atoms with E-state index in [9.17, 15) is 27.6 Å². The minimum atomic E-state index is -4.57. The highest BCUT2D eigenvalue weighted by molar-refractivity contribution is 6.05. The Hall–Kier alpha value is -4.35. The Labute approximate surface area is 191 Å². The first kappa shape index (κ1) is 24.3. The maximum absolute atomic E-state index is 13.1. The van der Waals surface area contributed by atoms with Crippen LogP contribution in [0.4, 0.5) is 30.2 Å². The molecule has 12 heteroatoms. The topological polar surface area (TPSA) is 142 Å². The molecular weight excluding hydrogens is 453 g/mol. The van der Waals surface area contributed by atoms with Gasteiger partial charge in [0.25, 0.3) is 11.5 Å². The zero-order valence-corrected chi connectivity index (χ0v) is 17.9. The molecule has 0 aliphatic rings. The van der Waals surface area contributed by atoms with Gasteiger partial charge in [0.1, 0.15) is 13.1 Å². The van der Waals surface area contributed by atoms with Crippen molar-refractivity contribution in [2.75, 3.05) is 24.2 Å². The van der Waals surface area contributed by atoms with E-state index in [1.165, 1.54) is 12.3 Å². The number of hydrogen-bond acceptors (Lipinski definition) is 6. The average Bonchev–Trinajstić information content (AvgIpc) is 2.78. The number of halogens is 3. The second kappa shape index (κ2) is 9.65. The molecule has 2 aromatic carbocycles. The Balaban J connectivity index is 2.01. The molecule has 0 radical (unpaired) electrons. The number of nitrogens with two attached hydrogens (primary N) is 1. The van der Waals surface area contributed by atoms with E-state index < -0.39 is 36.6 Å². The normalized spacial score (nSPS) is 11.2. The lowest BCUT2D eigenvalue weighted by Gasteiger charge is -2.16. The zero-order valence-electron chi connectivity index (χ0n) is 17.9. The van der Waals surface area contributed by atoms with Gasteiger partial charge in [-0.2, -0.15) is 13.2 Å². The van der Waals surface area contributed by atoms with Crippen LogP contribution in [0.3, 0.4) is 0 Å². The van der Waals surface area contributed by atoms with Crippen LogP contribution in [-0.4, -0.2) is 42.4 Å². The molecular formula is C22H21F3N6O3. The maximum atomic E-state index is 13.1. The number of nitrogens with zero attached hydrogens (tertiary/aromatic N) is 1. The summed E-state index contributed by atoms with van der Waals surface area (Å²) in [6, 6.07) is 9.54. The Morgan fingerprint density at radius 2 is 1.94 bits per heavy atom. The summed E-state index contributed by atoms with van der Waals surface area (Å²) >= 11 is 0. The van der Waals surface area contributed by atoms with Gasteiger partial charge in [-0.05, 0) is 29.7 Å². The van der Waals surface area contributed by atoms with E-state index in [1.54, 1.807) is 42.7 Å². The van der Waals surface area contributed by atoms with Crippen LogP contribution in [0, 0.1) is 5.41 Å². The lowest BCUT2D eigenvalue weighted by Crippen LogP contribution is -2.37. The number of primary amides is 1. The molecule has 178 valence electrons. The predicted octanol–water partition coefficient (Wildman–Crippen LogP) is 2.56. The molecule has 1 aromatic heterocycles. The number of alkyl halides is 3. The van der Waals surface area contributed by atoms with E-state index in [1.807, 2.05) is 0 Å². The van der Waals surface area contributed by atoms with Gasteiger partial charge in [-0.15, -0.1) is 0 Å². The SMILES string of the molecule is CNc1c(C=N)cc(Nc2cccc3ccn(CC(=O)NCC(F)(F)F)c(=O)c23)cc1C(N)=O. The number of anilines is 3. The van der Waals surface area contributed by atoms with Crippen molar-refractivity contribution in [3.05, 3.63) is 64.1 Å². The van der Waals surface area contributed by atoms with Crippen LogP contribution < -0.4 is 27.2 Å². The van der Waals surface area contributed by atoms with Gasteiger partial charge in [0.15, 0.2) is 0 Å². The van der Waals surface area contributed by atoms with Crippen LogP contribution in [0.2, 0.25) is 0 Å². The van der Waals surface area contributed by atoms with Crippen LogP contribution >= 0.6 is 0 Å². The molecule has 34 heavy (non-hydrogen) atoms. The number of pyridine rings is 1. The van der Waals surface area contributed by atoms with Crippen molar-refractivity contribution < 1.29 is 22.8 Å². The summed E-state index contributed by atoms with van der Waals surface area (Å²) in [5.41, 5.74) is 6.44. The van der Waals surface area contributed by atoms with Gasteiger partial charge in [-0.3, -0.25) is 14.4 Å². The molecule has 9 nitrogen and oxygen atoms in total. The summed E-state index contributed by atoms with van der Waals surface area (Å²) in [6.45, 7) is -2.10. The van der Waals surface area contributed by atoms with Crippen molar-refractivity contribution in [1.82, 2.24) is 9.88 Å². The number of amides is 2. The molecule has 3 aromatic rings. The Bertz CT molecular complexity index is 1330. The predicted molar refractivity (Wildman–Crippen MR) is 123 cm³/mol. The van der Waals surface area contributed by atoms with Crippen molar-refractivity contribution in [3.8, 4) is 0 Å². The lowest BCUT2D eigenvalue weighted by molar-refractivity contribution is -0.138. The second-order valence-corrected chi connectivity index (χ2v) is 7.28. The maximum Gasteiger partial charge on any atom is 0.405 e. The number of rotatable bonds is 8. The fourth-order valence-corrected chi connectivity index (χ4v) is 3.45. The lowest BCUT2D eigenvalue weighted by atomic mass is 10.0. The van der Waals surface area contributed by atoms with E-state index in [0.717, 1.165) is 10.8 Å². The molecule has 0 unspecified atom stereocenters. The largest absolute Gasteiger partial charge is 0.405 e. The fraction of sp³-hybridized carbons (Fsp3) is 0.182. The van der Waals surface area contributed by atoms with Crippen molar-refractivity contribution >= 4 is 45.9 Å². The molecule has 2 amide bonds. The van der Waals surface area contributed by atoms with E-state index in [0.29, 0.717) is 28.0 Å². The first-order valence-corrected chi connectivity index (χ1v) is 9.92. The number of aromatic nitrogens is 1. The van der Waals surface area contributed by atoms with Crippen molar-refractivity contribution in [3.63, 3.8) is 0 Å². The fourth-order valence-electron chi connectivity index (χ4n) is 3.45. The summed E-state index contributed by atoms with van der Waals surface area (Å²) in [5.74, 6) is -1.69. The molecule has 6 N–H and O–H groups in total. The molecule has 0 aliphatic carbocycles. The number of hydrogen-bond donors (Lipinski definition) is 5. The van der Waals surface area contributed by atoms with Gasteiger partial charge >= 0.3 is 6.18 Å². The van der Waals surface area contributed by atoms with Crippen LogP contribution in [0.15, 0.2) is 47.4 Å². The first-order valence-electron chi connectivity index (χ1n) is 9.92. The zero-order chi connectivity index (χ0) is 25.0. The molecule has 0 fully saturated rings. The highest BCUT2D eigenvalue weighted by Crippen LogP contribution is 2.29. The summed E-state index contributed by atoms with van der Waals surface area (Å²) in [4.78, 5) is 36.9. The van der Waals surface area contributed by atoms with Crippen molar-refractivity contribution in [2.45, 2.75) is 12.7 Å². The molecule has 0 saturated carbocycles. The molecule has 3 rings (SSSR count). The average molecular weight is 474 g/mol. The smallest absolute Gasteiger partial charge is 0.387 e. The Morgan fingerprint density at radius 1 is 1.21 bits per heavy atom. The van der Waals surface area contributed by atoms with Crippen LogP contribution in [-0.2, 0) is 11.3 Å². The van der Waals surface area contributed by atoms with Gasteiger partial charge in [-0.1, -0.05) is 12.1 Å². The molecule has 1 heterocycles. The van der Waals surface area contributed by atoms with Crippen LogP contribution in [0.5, 0.6) is 0 Å². The number of fused-ring (bicyclic) bond motifs is 1. The van der Waals surface area contributed by atoms with E-state index in [-0.39, 0.29) is 10.9 Å². The summed E-state index contributed by atoms with van der Waals surface area (Å²) in [6.07, 6.45) is -2.20. The second-order valence-electron chi connectivity index (χ2n) is 7.28. The molecule has 0 atom stereocenters. The van der Waals surface area contributed by atoms with Crippen molar-refractivity contribution in [2.24, 2.45) is 5.73 Å². The first-order chi connectivity index (χ1) is 16.0. The number of carbonyl (C=O) groups is 2. The third kappa shape index (κ3) is 5.34. The van der Waals surface area contributed by atoms with Gasteiger partial charge in [0.05, 0.1) is 22.3 Å². The van der Waals surface area contributed by atoms with Gasteiger partial charge in [-0.25, -0.2) is 0 Å². The monoisotopic (exact) mass is 474 g/mol. The highest BCUT2D eigenvalue weighted by Gasteiger charge is 2.27. The minimum absolute atomic E-state index is 0.130. The number of carbonyl (C=O) groups excluding carboxylic acids is 2. The van der Waals surface area contributed by atoms with Crippen LogP contribution in [0.1, 0.15) is 15.9 Å². The molecule has 0 bridgehead atoms. The van der Waals surface area contributed by atoms with Crippen molar-refractivity contribution in [1.29, 1.82) is 5.41 Å². The third-order valence-corrected chi connectivity index (χ3v) is 4.92. The highest BCUT2D eigenvalue weighted by atomic mass is 19.4. The van der Waals surface area contributed by atoms with E-state index >= 15 is 0 Å². The quantitative estimate of drug-likeness (QED) is 0.319. The van der Waals surface area contributed by atoms with E-state index in [2.05, 4.69) is 10.6 Å². The standard InChI is InChI=1S/C22H21F3N6O3/c1-28-19-13(9-26)7-14(8-15(19)20(27)33)30-16-4-2-3-12-5-6-31(21(34)18(12)16)10-17(32)29-11-22(23,24)25/h2-9,26,28,30H,10-11H2,1H3,(H2,27,33)(H,29,32). The molecule has 0 aliphatic heterocycles. The number of benzene rings is 2. The third-order valence-electron chi connectivity index (χ3n) is 4.92.